The normalized spacial score (nSPS) is 16.0. The maximum atomic E-state index is 13.1. The second kappa shape index (κ2) is 7.92. The number of hydrogen-bond donors (Lipinski definition) is 1. The maximum Gasteiger partial charge on any atom is 0.322 e. The van der Waals surface area contributed by atoms with E-state index in [1.54, 1.807) is 11.8 Å². The first kappa shape index (κ1) is 17.7. The fourth-order valence-electron chi connectivity index (χ4n) is 3.66. The van der Waals surface area contributed by atoms with Crippen molar-refractivity contribution in [3.05, 3.63) is 84.2 Å². The molecule has 0 saturated carbocycles. The van der Waals surface area contributed by atoms with Crippen molar-refractivity contribution in [1.29, 1.82) is 0 Å². The number of aromatic nitrogens is 1. The topological polar surface area (TPSA) is 37.3 Å². The molecule has 1 N–H and O–H groups in total. The molecular weight excluding hydrogens is 354 g/mol. The average molecular weight is 378 g/mol. The standard InChI is InChI=1S/C22H23N3OS/c1-27-19-10-5-9-18(16-19)23-22(26)25-14-13-24-12-6-11-20(24)21(25)15-17-7-3-2-4-8-17/h2-12,16,21H,13-15H2,1H3,(H,23,26)/t21-/m0/s1. The van der Waals surface area contributed by atoms with E-state index >= 15 is 0 Å². The minimum Gasteiger partial charge on any atom is -0.348 e. The molecule has 1 aliphatic heterocycles. The molecule has 4 rings (SSSR count). The van der Waals surface area contributed by atoms with Gasteiger partial charge in [-0.05, 0) is 48.6 Å². The van der Waals surface area contributed by atoms with E-state index in [0.717, 1.165) is 23.5 Å². The Kier molecular flexibility index (Phi) is 5.21. The predicted octanol–water partition coefficient (Wildman–Crippen LogP) is 5.04. The first-order valence-corrected chi connectivity index (χ1v) is 10.4. The zero-order valence-electron chi connectivity index (χ0n) is 15.3. The highest BCUT2D eigenvalue weighted by atomic mass is 32.2. The highest BCUT2D eigenvalue weighted by Crippen LogP contribution is 2.30. The number of hydrogen-bond acceptors (Lipinski definition) is 2. The Bertz CT molecular complexity index is 922. The van der Waals surface area contributed by atoms with Crippen LogP contribution in [-0.4, -0.2) is 28.3 Å². The average Bonchev–Trinajstić information content (AvgIpc) is 3.18. The number of benzene rings is 2. The van der Waals surface area contributed by atoms with E-state index in [1.807, 2.05) is 41.5 Å². The summed E-state index contributed by atoms with van der Waals surface area (Å²) in [5.41, 5.74) is 3.27. The number of amides is 2. The molecule has 138 valence electrons. The Morgan fingerprint density at radius 2 is 1.93 bits per heavy atom. The Morgan fingerprint density at radius 3 is 2.74 bits per heavy atom. The van der Waals surface area contributed by atoms with Crippen LogP contribution in [0.1, 0.15) is 17.3 Å². The van der Waals surface area contributed by atoms with Gasteiger partial charge in [0.1, 0.15) is 0 Å². The monoisotopic (exact) mass is 377 g/mol. The molecule has 0 spiro atoms. The number of rotatable bonds is 4. The molecule has 0 radical (unpaired) electrons. The summed E-state index contributed by atoms with van der Waals surface area (Å²) in [5.74, 6) is 0. The molecule has 0 bridgehead atoms. The lowest BCUT2D eigenvalue weighted by atomic mass is 10.0. The van der Waals surface area contributed by atoms with E-state index in [1.165, 1.54) is 11.3 Å². The number of fused-ring (bicyclic) bond motifs is 1. The van der Waals surface area contributed by atoms with Crippen molar-refractivity contribution in [2.45, 2.75) is 23.9 Å². The lowest BCUT2D eigenvalue weighted by molar-refractivity contribution is 0.167. The van der Waals surface area contributed by atoms with Gasteiger partial charge in [-0.25, -0.2) is 4.79 Å². The number of carbonyl (C=O) groups excluding carboxylic acids is 1. The fraction of sp³-hybridized carbons (Fsp3) is 0.227. The molecule has 1 aromatic heterocycles. The summed E-state index contributed by atoms with van der Waals surface area (Å²) in [6.45, 7) is 1.53. The largest absolute Gasteiger partial charge is 0.348 e. The minimum absolute atomic E-state index is 0.0277. The molecular formula is C22H23N3OS. The summed E-state index contributed by atoms with van der Waals surface area (Å²) in [4.78, 5) is 16.2. The van der Waals surface area contributed by atoms with Crippen LogP contribution in [0, 0.1) is 0 Å². The third kappa shape index (κ3) is 3.88. The van der Waals surface area contributed by atoms with Gasteiger partial charge in [-0.3, -0.25) is 0 Å². The van der Waals surface area contributed by atoms with Gasteiger partial charge in [-0.2, -0.15) is 0 Å². The lowest BCUT2D eigenvalue weighted by Crippen LogP contribution is -2.44. The molecule has 3 aromatic rings. The molecule has 1 atom stereocenters. The van der Waals surface area contributed by atoms with Crippen LogP contribution in [0.2, 0.25) is 0 Å². The van der Waals surface area contributed by atoms with Crippen LogP contribution in [0.3, 0.4) is 0 Å². The summed E-state index contributed by atoms with van der Waals surface area (Å²) in [7, 11) is 0. The van der Waals surface area contributed by atoms with Gasteiger partial charge in [-0.1, -0.05) is 36.4 Å². The van der Waals surface area contributed by atoms with Gasteiger partial charge >= 0.3 is 6.03 Å². The molecule has 5 heteroatoms. The van der Waals surface area contributed by atoms with E-state index in [2.05, 4.69) is 52.5 Å². The Labute approximate surface area is 164 Å². The van der Waals surface area contributed by atoms with Crippen LogP contribution in [-0.2, 0) is 13.0 Å². The van der Waals surface area contributed by atoms with Crippen molar-refractivity contribution in [1.82, 2.24) is 9.47 Å². The first-order valence-electron chi connectivity index (χ1n) is 9.15. The second-order valence-corrected chi connectivity index (χ2v) is 7.57. The third-order valence-electron chi connectivity index (χ3n) is 5.02. The zero-order valence-corrected chi connectivity index (χ0v) is 16.2. The summed E-state index contributed by atoms with van der Waals surface area (Å²) >= 11 is 1.67. The molecule has 0 saturated heterocycles. The highest BCUT2D eigenvalue weighted by molar-refractivity contribution is 7.98. The summed E-state index contributed by atoms with van der Waals surface area (Å²) in [6.07, 6.45) is 4.95. The van der Waals surface area contributed by atoms with Gasteiger partial charge in [0, 0.05) is 35.6 Å². The number of anilines is 1. The third-order valence-corrected chi connectivity index (χ3v) is 5.74. The van der Waals surface area contributed by atoms with Crippen molar-refractivity contribution >= 4 is 23.5 Å². The Hall–Kier alpha value is -2.66. The first-order chi connectivity index (χ1) is 13.2. The molecule has 2 heterocycles. The predicted molar refractivity (Wildman–Crippen MR) is 111 cm³/mol. The Morgan fingerprint density at radius 1 is 1.07 bits per heavy atom. The van der Waals surface area contributed by atoms with E-state index in [0.29, 0.717) is 6.54 Å². The quantitative estimate of drug-likeness (QED) is 0.647. The zero-order chi connectivity index (χ0) is 18.6. The SMILES string of the molecule is CSc1cccc(NC(=O)N2CCn3cccc3[C@@H]2Cc2ccccc2)c1. The van der Waals surface area contributed by atoms with Crippen molar-refractivity contribution in [3.8, 4) is 0 Å². The second-order valence-electron chi connectivity index (χ2n) is 6.69. The summed E-state index contributed by atoms with van der Waals surface area (Å²) in [5, 5.41) is 3.09. The van der Waals surface area contributed by atoms with Crippen molar-refractivity contribution in [2.75, 3.05) is 18.1 Å². The van der Waals surface area contributed by atoms with E-state index in [9.17, 15) is 4.79 Å². The molecule has 2 aromatic carbocycles. The molecule has 27 heavy (non-hydrogen) atoms. The van der Waals surface area contributed by atoms with Crippen LogP contribution in [0.4, 0.5) is 10.5 Å². The summed E-state index contributed by atoms with van der Waals surface area (Å²) < 4.78 is 2.26. The van der Waals surface area contributed by atoms with Gasteiger partial charge in [-0.15, -0.1) is 11.8 Å². The van der Waals surface area contributed by atoms with Crippen molar-refractivity contribution in [2.24, 2.45) is 0 Å². The number of thioether (sulfide) groups is 1. The Balaban J connectivity index is 1.58. The maximum absolute atomic E-state index is 13.1. The number of urea groups is 1. The van der Waals surface area contributed by atoms with Gasteiger partial charge in [0.25, 0.3) is 0 Å². The number of carbonyl (C=O) groups is 1. The number of nitrogens with one attached hydrogen (secondary N) is 1. The van der Waals surface area contributed by atoms with Crippen LogP contribution in [0.25, 0.3) is 0 Å². The van der Waals surface area contributed by atoms with Gasteiger partial charge in [0.2, 0.25) is 0 Å². The smallest absolute Gasteiger partial charge is 0.322 e. The van der Waals surface area contributed by atoms with E-state index in [4.69, 9.17) is 0 Å². The van der Waals surface area contributed by atoms with Crippen molar-refractivity contribution in [3.63, 3.8) is 0 Å². The van der Waals surface area contributed by atoms with Gasteiger partial charge in [0.15, 0.2) is 0 Å². The van der Waals surface area contributed by atoms with E-state index < -0.39 is 0 Å². The van der Waals surface area contributed by atoms with Crippen LogP contribution < -0.4 is 5.32 Å². The molecule has 0 aliphatic carbocycles. The van der Waals surface area contributed by atoms with E-state index in [-0.39, 0.29) is 12.1 Å². The molecule has 0 unspecified atom stereocenters. The summed E-state index contributed by atoms with van der Waals surface area (Å²) in [6, 6.07) is 22.5. The van der Waals surface area contributed by atoms with Gasteiger partial charge in [0.05, 0.1) is 6.04 Å². The molecule has 4 nitrogen and oxygen atoms in total. The van der Waals surface area contributed by atoms with Crippen LogP contribution in [0.15, 0.2) is 77.8 Å². The lowest BCUT2D eigenvalue weighted by Gasteiger charge is -2.37. The highest BCUT2D eigenvalue weighted by Gasteiger charge is 2.31. The molecule has 1 aliphatic rings. The number of nitrogens with zero attached hydrogens (tertiary/aromatic N) is 2. The van der Waals surface area contributed by atoms with Crippen molar-refractivity contribution < 1.29 is 4.79 Å². The van der Waals surface area contributed by atoms with Crippen LogP contribution >= 0.6 is 11.8 Å². The van der Waals surface area contributed by atoms with Gasteiger partial charge < -0.3 is 14.8 Å². The van der Waals surface area contributed by atoms with Crippen LogP contribution in [0.5, 0.6) is 0 Å². The molecule has 2 amide bonds. The molecule has 0 fully saturated rings. The minimum atomic E-state index is -0.0402. The fourth-order valence-corrected chi connectivity index (χ4v) is 4.12.